The number of nitrogens with zero attached hydrogens (tertiary/aromatic N) is 3. The first-order valence-electron chi connectivity index (χ1n) is 9.33. The molecule has 0 radical (unpaired) electrons. The molecule has 3 nitrogen and oxygen atoms in total. The summed E-state index contributed by atoms with van der Waals surface area (Å²) in [6.07, 6.45) is 0. The molecule has 0 spiro atoms. The van der Waals surface area contributed by atoms with Gasteiger partial charge in [-0.25, -0.2) is 0 Å². The molecule has 1 aliphatic heterocycles. The van der Waals surface area contributed by atoms with Crippen LogP contribution in [0.15, 0.2) is 53.5 Å². The molecule has 1 aliphatic rings. The first-order valence-corrected chi connectivity index (χ1v) is 9.33. The second-order valence-electron chi connectivity index (χ2n) is 7.46. The number of rotatable bonds is 4. The van der Waals surface area contributed by atoms with Gasteiger partial charge in [0.25, 0.3) is 0 Å². The summed E-state index contributed by atoms with van der Waals surface area (Å²) in [4.78, 5) is 9.30. The van der Waals surface area contributed by atoms with Crippen molar-refractivity contribution >= 4 is 23.8 Å². The van der Waals surface area contributed by atoms with Crippen molar-refractivity contribution in [2.75, 3.05) is 11.9 Å². The number of benzene rings is 2. The predicted molar refractivity (Wildman–Crippen MR) is 113 cm³/mol. The van der Waals surface area contributed by atoms with E-state index in [4.69, 9.17) is 0 Å². The summed E-state index contributed by atoms with van der Waals surface area (Å²) in [6, 6.07) is 18.0. The molecule has 3 heteroatoms. The van der Waals surface area contributed by atoms with Crippen LogP contribution >= 0.6 is 0 Å². The molecule has 136 valence electrons. The van der Waals surface area contributed by atoms with E-state index < -0.39 is 0 Å². The SMILES string of the molecule is C=N/C1=C(\N(C)C(C)C)c2ccccc2N(C(C)C)Cc2ccccc21. The number of fused-ring (bicyclic) bond motifs is 2. The van der Waals surface area contributed by atoms with Crippen molar-refractivity contribution in [3.05, 3.63) is 65.2 Å². The molecule has 0 N–H and O–H groups in total. The maximum absolute atomic E-state index is 4.51. The fourth-order valence-electron chi connectivity index (χ4n) is 3.57. The van der Waals surface area contributed by atoms with Gasteiger partial charge in [0.15, 0.2) is 0 Å². The number of hydrogen-bond donors (Lipinski definition) is 0. The molecule has 1 heterocycles. The molecule has 0 atom stereocenters. The zero-order chi connectivity index (χ0) is 18.8. The number of para-hydroxylation sites is 1. The Balaban J connectivity index is 2.41. The molecular weight excluding hydrogens is 318 g/mol. The largest absolute Gasteiger partial charge is 0.370 e. The van der Waals surface area contributed by atoms with Crippen LogP contribution in [0.4, 0.5) is 5.69 Å². The van der Waals surface area contributed by atoms with Crippen LogP contribution in [0.2, 0.25) is 0 Å². The van der Waals surface area contributed by atoms with Crippen molar-refractivity contribution in [1.82, 2.24) is 4.90 Å². The Hall–Kier alpha value is -2.55. The van der Waals surface area contributed by atoms with Gasteiger partial charge in [0.1, 0.15) is 0 Å². The van der Waals surface area contributed by atoms with E-state index in [-0.39, 0.29) is 0 Å². The summed E-state index contributed by atoms with van der Waals surface area (Å²) in [5.74, 6) is 0. The Bertz CT molecular complexity index is 833. The van der Waals surface area contributed by atoms with Crippen molar-refractivity contribution in [3.8, 4) is 0 Å². The van der Waals surface area contributed by atoms with Gasteiger partial charge < -0.3 is 9.80 Å². The Labute approximate surface area is 157 Å². The van der Waals surface area contributed by atoms with E-state index in [2.05, 4.69) is 105 Å². The van der Waals surface area contributed by atoms with Crippen LogP contribution in [0.1, 0.15) is 44.4 Å². The van der Waals surface area contributed by atoms with Gasteiger partial charge in [-0.2, -0.15) is 0 Å². The summed E-state index contributed by atoms with van der Waals surface area (Å²) >= 11 is 0. The minimum Gasteiger partial charge on any atom is -0.370 e. The van der Waals surface area contributed by atoms with Gasteiger partial charge in [0, 0.05) is 42.5 Å². The van der Waals surface area contributed by atoms with Gasteiger partial charge in [-0.1, -0.05) is 42.5 Å². The third-order valence-corrected chi connectivity index (χ3v) is 5.21. The average molecular weight is 348 g/mol. The smallest absolute Gasteiger partial charge is 0.0938 e. The van der Waals surface area contributed by atoms with Crippen molar-refractivity contribution in [2.24, 2.45) is 4.99 Å². The molecule has 0 aliphatic carbocycles. The Kier molecular flexibility index (Phi) is 5.17. The molecule has 0 unspecified atom stereocenters. The highest BCUT2D eigenvalue weighted by atomic mass is 15.2. The molecule has 2 aromatic carbocycles. The number of anilines is 1. The van der Waals surface area contributed by atoms with Crippen molar-refractivity contribution in [1.29, 1.82) is 0 Å². The van der Waals surface area contributed by atoms with Gasteiger partial charge in [-0.3, -0.25) is 4.99 Å². The molecule has 0 amide bonds. The molecule has 0 fully saturated rings. The standard InChI is InChI=1S/C23H29N3/c1-16(2)25(6)23-20-13-9-10-14-21(20)26(17(3)4)15-18-11-7-8-12-19(18)22(23)24-5/h7-14,16-17H,5,15H2,1-4,6H3/b23-22-. The van der Waals surface area contributed by atoms with Gasteiger partial charge >= 0.3 is 0 Å². The van der Waals surface area contributed by atoms with E-state index in [0.29, 0.717) is 12.1 Å². The molecule has 0 saturated heterocycles. The van der Waals surface area contributed by atoms with E-state index in [1.54, 1.807) is 0 Å². The second kappa shape index (κ2) is 7.36. The lowest BCUT2D eigenvalue weighted by Crippen LogP contribution is -2.34. The monoisotopic (exact) mass is 347 g/mol. The van der Waals surface area contributed by atoms with E-state index in [0.717, 1.165) is 17.9 Å². The minimum atomic E-state index is 0.355. The Morgan fingerprint density at radius 2 is 1.58 bits per heavy atom. The number of aliphatic imine (C=N–C) groups is 1. The molecule has 0 aromatic heterocycles. The Morgan fingerprint density at radius 3 is 2.19 bits per heavy atom. The number of hydrogen-bond acceptors (Lipinski definition) is 3. The van der Waals surface area contributed by atoms with Crippen LogP contribution in [0.25, 0.3) is 11.4 Å². The van der Waals surface area contributed by atoms with E-state index >= 15 is 0 Å². The molecule has 2 aromatic rings. The second-order valence-corrected chi connectivity index (χ2v) is 7.46. The van der Waals surface area contributed by atoms with E-state index in [9.17, 15) is 0 Å². The predicted octanol–water partition coefficient (Wildman–Crippen LogP) is 5.28. The van der Waals surface area contributed by atoms with Gasteiger partial charge in [0.2, 0.25) is 0 Å². The van der Waals surface area contributed by atoms with Gasteiger partial charge in [0.05, 0.1) is 11.4 Å². The van der Waals surface area contributed by atoms with Crippen LogP contribution in [-0.2, 0) is 6.54 Å². The quantitative estimate of drug-likeness (QED) is 0.701. The fourth-order valence-corrected chi connectivity index (χ4v) is 3.57. The topological polar surface area (TPSA) is 18.8 Å². The lowest BCUT2D eigenvalue weighted by atomic mass is 9.94. The lowest BCUT2D eigenvalue weighted by molar-refractivity contribution is 0.397. The molecule has 0 saturated carbocycles. The first-order chi connectivity index (χ1) is 12.5. The van der Waals surface area contributed by atoms with Crippen molar-refractivity contribution in [2.45, 2.75) is 46.3 Å². The normalized spacial score (nSPS) is 16.8. The zero-order valence-corrected chi connectivity index (χ0v) is 16.5. The van der Waals surface area contributed by atoms with Crippen LogP contribution in [0.5, 0.6) is 0 Å². The highest BCUT2D eigenvalue weighted by Crippen LogP contribution is 2.40. The summed E-state index contributed by atoms with van der Waals surface area (Å²) < 4.78 is 0. The third-order valence-electron chi connectivity index (χ3n) is 5.21. The van der Waals surface area contributed by atoms with Crippen LogP contribution in [0, 0.1) is 0 Å². The van der Waals surface area contributed by atoms with Crippen LogP contribution < -0.4 is 4.90 Å². The summed E-state index contributed by atoms with van der Waals surface area (Å²) in [7, 11) is 2.14. The molecule has 26 heavy (non-hydrogen) atoms. The summed E-state index contributed by atoms with van der Waals surface area (Å²) in [5, 5.41) is 0. The van der Waals surface area contributed by atoms with E-state index in [1.165, 1.54) is 22.4 Å². The summed E-state index contributed by atoms with van der Waals surface area (Å²) in [6.45, 7) is 13.7. The maximum Gasteiger partial charge on any atom is 0.0938 e. The minimum absolute atomic E-state index is 0.355. The average Bonchev–Trinajstić information content (AvgIpc) is 2.62. The highest BCUT2D eigenvalue weighted by Gasteiger charge is 2.27. The summed E-state index contributed by atoms with van der Waals surface area (Å²) in [5.41, 5.74) is 7.03. The van der Waals surface area contributed by atoms with E-state index in [1.807, 2.05) is 0 Å². The van der Waals surface area contributed by atoms with Crippen LogP contribution in [-0.4, -0.2) is 30.7 Å². The zero-order valence-electron chi connectivity index (χ0n) is 16.5. The van der Waals surface area contributed by atoms with Gasteiger partial charge in [-0.05, 0) is 46.0 Å². The highest BCUT2D eigenvalue weighted by molar-refractivity contribution is 5.95. The fraction of sp³-hybridized carbons (Fsp3) is 0.348. The van der Waals surface area contributed by atoms with Crippen LogP contribution in [0.3, 0.4) is 0 Å². The molecular formula is C23H29N3. The van der Waals surface area contributed by atoms with Crippen molar-refractivity contribution < 1.29 is 0 Å². The lowest BCUT2D eigenvalue weighted by Gasteiger charge is -2.37. The Morgan fingerprint density at radius 1 is 0.962 bits per heavy atom. The molecule has 0 bridgehead atoms. The third kappa shape index (κ3) is 3.14. The first kappa shape index (κ1) is 18.2. The van der Waals surface area contributed by atoms with Crippen molar-refractivity contribution in [3.63, 3.8) is 0 Å². The van der Waals surface area contributed by atoms with Gasteiger partial charge in [-0.15, -0.1) is 0 Å². The molecule has 3 rings (SSSR count). The maximum atomic E-state index is 4.51.